The highest BCUT2D eigenvalue weighted by atomic mass is 16.6. The van der Waals surface area contributed by atoms with Gasteiger partial charge in [0.2, 0.25) is 0 Å². The van der Waals surface area contributed by atoms with Crippen molar-refractivity contribution >= 4 is 11.9 Å². The summed E-state index contributed by atoms with van der Waals surface area (Å²) in [6.07, 6.45) is 15.2. The van der Waals surface area contributed by atoms with Crippen LogP contribution < -0.4 is 0 Å². The Morgan fingerprint density at radius 2 is 1.00 bits per heavy atom. The monoisotopic (exact) mass is 518 g/mol. The van der Waals surface area contributed by atoms with E-state index in [0.717, 1.165) is 31.6 Å². The van der Waals surface area contributed by atoms with Gasteiger partial charge in [0, 0.05) is 0 Å². The van der Waals surface area contributed by atoms with Crippen LogP contribution in [0.1, 0.15) is 117 Å². The van der Waals surface area contributed by atoms with Crippen LogP contribution in [0.3, 0.4) is 0 Å². The van der Waals surface area contributed by atoms with Gasteiger partial charge in [-0.1, -0.05) is 104 Å². The van der Waals surface area contributed by atoms with Gasteiger partial charge in [0.1, 0.15) is 25.4 Å². The average molecular weight is 519 g/mol. The third-order valence-electron chi connectivity index (χ3n) is 6.36. The molecule has 0 spiro atoms. The lowest BCUT2D eigenvalue weighted by Gasteiger charge is -2.17. The fourth-order valence-electron chi connectivity index (χ4n) is 4.04. The lowest BCUT2D eigenvalue weighted by atomic mass is 9.97. The fraction of sp³-hybridized carbons (Fsp3) is 0.929. The van der Waals surface area contributed by atoms with E-state index in [0.29, 0.717) is 6.42 Å². The Morgan fingerprint density at radius 1 is 0.611 bits per heavy atom. The van der Waals surface area contributed by atoms with Crippen LogP contribution in [0.5, 0.6) is 0 Å². The van der Waals surface area contributed by atoms with Gasteiger partial charge >= 0.3 is 11.9 Å². The maximum absolute atomic E-state index is 12.4. The molecular formula is C28H54O8. The van der Waals surface area contributed by atoms with Crippen molar-refractivity contribution in [1.29, 1.82) is 0 Å². The first-order chi connectivity index (χ1) is 17.3. The van der Waals surface area contributed by atoms with Crippen molar-refractivity contribution in [1.82, 2.24) is 0 Å². The van der Waals surface area contributed by atoms with E-state index in [1.165, 1.54) is 64.2 Å². The molecule has 0 amide bonds. The van der Waals surface area contributed by atoms with Crippen molar-refractivity contribution in [3.63, 3.8) is 0 Å². The van der Waals surface area contributed by atoms with Crippen molar-refractivity contribution < 1.29 is 39.5 Å². The van der Waals surface area contributed by atoms with E-state index in [1.54, 1.807) is 0 Å². The van der Waals surface area contributed by atoms with Crippen LogP contribution in [0.2, 0.25) is 0 Å². The summed E-state index contributed by atoms with van der Waals surface area (Å²) in [7, 11) is 0. The van der Waals surface area contributed by atoms with Gasteiger partial charge in [-0.2, -0.15) is 0 Å². The minimum absolute atomic E-state index is 0.191. The second kappa shape index (κ2) is 24.1. The predicted octanol–water partition coefficient (Wildman–Crippen LogP) is 4.29. The lowest BCUT2D eigenvalue weighted by molar-refractivity contribution is -0.159. The van der Waals surface area contributed by atoms with Crippen molar-refractivity contribution in [2.24, 2.45) is 11.8 Å². The molecule has 0 rings (SSSR count). The minimum Gasteiger partial charge on any atom is -0.463 e. The van der Waals surface area contributed by atoms with E-state index < -0.39 is 43.3 Å². The van der Waals surface area contributed by atoms with E-state index in [2.05, 4.69) is 13.8 Å². The van der Waals surface area contributed by atoms with Crippen LogP contribution in [-0.4, -0.2) is 71.0 Å². The van der Waals surface area contributed by atoms with Crippen LogP contribution in [0.15, 0.2) is 0 Å². The second-order valence-electron chi connectivity index (χ2n) is 10.5. The summed E-state index contributed by atoms with van der Waals surface area (Å²) < 4.78 is 9.95. The number of aliphatic hydroxyl groups excluding tert-OH is 4. The Labute approximate surface area is 218 Å². The fourth-order valence-corrected chi connectivity index (χ4v) is 4.04. The first-order valence-corrected chi connectivity index (χ1v) is 14.2. The number of carbonyl (C=O) groups is 2. The van der Waals surface area contributed by atoms with Crippen molar-refractivity contribution in [3.8, 4) is 0 Å². The molecule has 0 aromatic rings. The molecule has 0 bridgehead atoms. The standard InChI is InChI=1S/C28H54O8/c1-23(2)16-14-12-10-8-6-4-3-5-7-9-11-13-15-17-24(28(34)36-22-26(32)20-30)18-27(33)35-21-25(31)19-29/h23-26,29-32H,3-22H2,1-2H3. The summed E-state index contributed by atoms with van der Waals surface area (Å²) in [5.74, 6) is -1.15. The van der Waals surface area contributed by atoms with Crippen LogP contribution >= 0.6 is 0 Å². The van der Waals surface area contributed by atoms with E-state index in [9.17, 15) is 19.8 Å². The first kappa shape index (κ1) is 34.8. The van der Waals surface area contributed by atoms with E-state index in [-0.39, 0.29) is 19.6 Å². The molecular weight excluding hydrogens is 464 g/mol. The van der Waals surface area contributed by atoms with Crippen molar-refractivity contribution in [3.05, 3.63) is 0 Å². The summed E-state index contributed by atoms with van der Waals surface area (Å²) in [5.41, 5.74) is 0. The van der Waals surface area contributed by atoms with E-state index in [4.69, 9.17) is 19.7 Å². The molecule has 0 fully saturated rings. The molecule has 0 aromatic carbocycles. The minimum atomic E-state index is -1.16. The Morgan fingerprint density at radius 3 is 1.42 bits per heavy atom. The molecule has 0 aliphatic rings. The number of hydrogen-bond acceptors (Lipinski definition) is 8. The maximum atomic E-state index is 12.4. The normalized spacial score (nSPS) is 14.0. The van der Waals surface area contributed by atoms with Crippen molar-refractivity contribution in [2.75, 3.05) is 26.4 Å². The maximum Gasteiger partial charge on any atom is 0.309 e. The average Bonchev–Trinajstić information content (AvgIpc) is 2.86. The predicted molar refractivity (Wildman–Crippen MR) is 140 cm³/mol. The summed E-state index contributed by atoms with van der Waals surface area (Å²) in [5, 5.41) is 36.4. The third-order valence-corrected chi connectivity index (χ3v) is 6.36. The highest BCUT2D eigenvalue weighted by Gasteiger charge is 2.25. The van der Waals surface area contributed by atoms with Gasteiger partial charge in [0.15, 0.2) is 0 Å². The van der Waals surface area contributed by atoms with Gasteiger partial charge < -0.3 is 29.9 Å². The number of unbranched alkanes of at least 4 members (excludes halogenated alkanes) is 12. The van der Waals surface area contributed by atoms with Gasteiger partial charge in [0.05, 0.1) is 25.6 Å². The highest BCUT2D eigenvalue weighted by molar-refractivity contribution is 5.80. The molecule has 0 aliphatic carbocycles. The molecule has 36 heavy (non-hydrogen) atoms. The van der Waals surface area contributed by atoms with Crippen LogP contribution in [0.25, 0.3) is 0 Å². The zero-order valence-electron chi connectivity index (χ0n) is 22.9. The van der Waals surface area contributed by atoms with Crippen LogP contribution in [0, 0.1) is 11.8 Å². The van der Waals surface area contributed by atoms with Gasteiger partial charge in [-0.3, -0.25) is 9.59 Å². The van der Waals surface area contributed by atoms with Crippen LogP contribution in [0.4, 0.5) is 0 Å². The van der Waals surface area contributed by atoms with Gasteiger partial charge in [-0.25, -0.2) is 0 Å². The number of esters is 2. The zero-order chi connectivity index (χ0) is 27.0. The summed E-state index contributed by atoms with van der Waals surface area (Å²) in [6, 6.07) is 0. The van der Waals surface area contributed by atoms with Crippen molar-refractivity contribution in [2.45, 2.75) is 129 Å². The van der Waals surface area contributed by atoms with E-state index >= 15 is 0 Å². The van der Waals surface area contributed by atoms with Gasteiger partial charge in [-0.05, 0) is 12.3 Å². The smallest absolute Gasteiger partial charge is 0.309 e. The number of ether oxygens (including phenoxy) is 2. The molecule has 8 heteroatoms. The molecule has 0 saturated heterocycles. The largest absolute Gasteiger partial charge is 0.463 e. The molecule has 8 nitrogen and oxygen atoms in total. The van der Waals surface area contributed by atoms with Gasteiger partial charge in [0.25, 0.3) is 0 Å². The summed E-state index contributed by atoms with van der Waals surface area (Å²) in [6.45, 7) is 2.88. The Bertz CT molecular complexity index is 526. The summed E-state index contributed by atoms with van der Waals surface area (Å²) in [4.78, 5) is 24.4. The molecule has 0 aliphatic heterocycles. The number of rotatable bonds is 25. The molecule has 4 N–H and O–H groups in total. The Hall–Kier alpha value is -1.22. The zero-order valence-corrected chi connectivity index (χ0v) is 22.9. The third kappa shape index (κ3) is 22.0. The highest BCUT2D eigenvalue weighted by Crippen LogP contribution is 2.19. The molecule has 3 unspecified atom stereocenters. The number of hydrogen-bond donors (Lipinski definition) is 4. The van der Waals surface area contributed by atoms with E-state index in [1.807, 2.05) is 0 Å². The molecule has 0 heterocycles. The molecule has 0 radical (unpaired) electrons. The topological polar surface area (TPSA) is 134 Å². The first-order valence-electron chi connectivity index (χ1n) is 14.2. The van der Waals surface area contributed by atoms with Gasteiger partial charge in [-0.15, -0.1) is 0 Å². The van der Waals surface area contributed by atoms with Crippen LogP contribution in [-0.2, 0) is 19.1 Å². The second-order valence-corrected chi connectivity index (χ2v) is 10.5. The Balaban J connectivity index is 3.99. The number of aliphatic hydroxyl groups is 4. The summed E-state index contributed by atoms with van der Waals surface area (Å²) >= 11 is 0. The molecule has 3 atom stereocenters. The molecule has 0 aromatic heterocycles. The SMILES string of the molecule is CC(C)CCCCCCCCCCCCCCCC(CC(=O)OCC(O)CO)C(=O)OCC(O)CO. The molecule has 214 valence electrons. The lowest BCUT2D eigenvalue weighted by Crippen LogP contribution is -2.28. The molecule has 0 saturated carbocycles. The quantitative estimate of drug-likeness (QED) is 0.104. The Kier molecular flexibility index (Phi) is 23.3. The number of carbonyl (C=O) groups excluding carboxylic acids is 2.